The monoisotopic (exact) mass is 185 g/mol. The van der Waals surface area contributed by atoms with Gasteiger partial charge in [0, 0.05) is 0 Å². The van der Waals surface area contributed by atoms with Crippen LogP contribution in [0.2, 0.25) is 0 Å². The standard InChI is InChI=1S/C10H8F3/c11-10(12,13)9-3-1-2-8(6-9)7-4-5-7/h1-4,6-7H,5H2. The number of benzene rings is 1. The fourth-order valence-corrected chi connectivity index (χ4v) is 1.29. The van der Waals surface area contributed by atoms with Gasteiger partial charge >= 0.3 is 6.18 Å². The summed E-state index contributed by atoms with van der Waals surface area (Å²) in [5, 5.41) is 0. The molecule has 1 aromatic carbocycles. The third kappa shape index (κ3) is 1.85. The molecule has 0 amide bonds. The highest BCUT2D eigenvalue weighted by molar-refractivity contribution is 5.34. The van der Waals surface area contributed by atoms with Crippen molar-refractivity contribution in [1.82, 2.24) is 0 Å². The molecule has 0 spiro atoms. The lowest BCUT2D eigenvalue weighted by Gasteiger charge is -2.07. The molecule has 69 valence electrons. The van der Waals surface area contributed by atoms with Gasteiger partial charge < -0.3 is 0 Å². The molecule has 0 aliphatic heterocycles. The topological polar surface area (TPSA) is 0 Å². The molecule has 1 atom stereocenters. The van der Waals surface area contributed by atoms with E-state index in [2.05, 4.69) is 0 Å². The summed E-state index contributed by atoms with van der Waals surface area (Å²) in [5.41, 5.74) is 0.222. The van der Waals surface area contributed by atoms with E-state index in [-0.39, 0.29) is 5.92 Å². The van der Waals surface area contributed by atoms with Gasteiger partial charge in [0.1, 0.15) is 0 Å². The minimum Gasteiger partial charge on any atom is -0.166 e. The second-order valence-corrected chi connectivity index (χ2v) is 3.20. The third-order valence-electron chi connectivity index (χ3n) is 2.11. The number of hydrogen-bond acceptors (Lipinski definition) is 0. The summed E-state index contributed by atoms with van der Waals surface area (Å²) in [6.07, 6.45) is -1.32. The maximum Gasteiger partial charge on any atom is 0.416 e. The molecule has 0 nitrogen and oxygen atoms in total. The lowest BCUT2D eigenvalue weighted by Crippen LogP contribution is -2.04. The van der Waals surface area contributed by atoms with Crippen LogP contribution in [-0.4, -0.2) is 0 Å². The van der Waals surface area contributed by atoms with Crippen LogP contribution < -0.4 is 0 Å². The number of halogens is 3. The largest absolute Gasteiger partial charge is 0.416 e. The lowest BCUT2D eigenvalue weighted by molar-refractivity contribution is -0.137. The Balaban J connectivity index is 2.32. The van der Waals surface area contributed by atoms with Crippen LogP contribution in [0.5, 0.6) is 0 Å². The Morgan fingerprint density at radius 2 is 1.92 bits per heavy atom. The zero-order chi connectivity index (χ0) is 9.47. The molecule has 1 aliphatic carbocycles. The van der Waals surface area contributed by atoms with E-state index in [1.54, 1.807) is 6.07 Å². The van der Waals surface area contributed by atoms with Crippen LogP contribution in [0.15, 0.2) is 24.3 Å². The van der Waals surface area contributed by atoms with Crippen molar-refractivity contribution in [3.8, 4) is 0 Å². The van der Waals surface area contributed by atoms with Crippen molar-refractivity contribution in [3.63, 3.8) is 0 Å². The molecule has 0 aromatic heterocycles. The Hall–Kier alpha value is -0.990. The van der Waals surface area contributed by atoms with Crippen LogP contribution in [0.3, 0.4) is 0 Å². The second-order valence-electron chi connectivity index (χ2n) is 3.20. The molecule has 1 aromatic rings. The van der Waals surface area contributed by atoms with E-state index in [0.717, 1.165) is 18.1 Å². The first-order valence-electron chi connectivity index (χ1n) is 4.08. The summed E-state index contributed by atoms with van der Waals surface area (Å²) in [5.74, 6) is 0.252. The van der Waals surface area contributed by atoms with Crippen molar-refractivity contribution in [1.29, 1.82) is 0 Å². The van der Waals surface area contributed by atoms with E-state index in [9.17, 15) is 13.2 Å². The van der Waals surface area contributed by atoms with Crippen LogP contribution in [0.4, 0.5) is 13.2 Å². The Morgan fingerprint density at radius 1 is 1.23 bits per heavy atom. The summed E-state index contributed by atoms with van der Waals surface area (Å²) >= 11 is 0. The smallest absolute Gasteiger partial charge is 0.166 e. The van der Waals surface area contributed by atoms with Gasteiger partial charge in [0.2, 0.25) is 0 Å². The Labute approximate surface area is 74.4 Å². The van der Waals surface area contributed by atoms with Crippen LogP contribution in [-0.2, 0) is 6.18 Å². The van der Waals surface area contributed by atoms with Crippen LogP contribution in [0.25, 0.3) is 0 Å². The van der Waals surface area contributed by atoms with Gasteiger partial charge in [-0.05, 0) is 30.4 Å². The maximum atomic E-state index is 12.2. The first-order valence-corrected chi connectivity index (χ1v) is 4.08. The quantitative estimate of drug-likeness (QED) is 0.629. The minimum absolute atomic E-state index is 0.252. The van der Waals surface area contributed by atoms with Gasteiger partial charge in [0.25, 0.3) is 0 Å². The maximum absolute atomic E-state index is 12.2. The first-order chi connectivity index (χ1) is 6.07. The SMILES string of the molecule is FC(F)(F)c1cccc(C2[CH]C2)c1. The molecule has 13 heavy (non-hydrogen) atoms. The molecule has 0 saturated heterocycles. The molecule has 1 unspecified atom stereocenters. The molecule has 2 rings (SSSR count). The molecular weight excluding hydrogens is 177 g/mol. The predicted molar refractivity (Wildman–Crippen MR) is 43.1 cm³/mol. The van der Waals surface area contributed by atoms with Crippen molar-refractivity contribution in [2.24, 2.45) is 0 Å². The highest BCUT2D eigenvalue weighted by Gasteiger charge is 2.32. The molecule has 0 N–H and O–H groups in total. The molecule has 1 radical (unpaired) electrons. The highest BCUT2D eigenvalue weighted by Crippen LogP contribution is 2.40. The molecule has 0 heterocycles. The van der Waals surface area contributed by atoms with Crippen LogP contribution >= 0.6 is 0 Å². The van der Waals surface area contributed by atoms with Gasteiger partial charge in [0.05, 0.1) is 5.56 Å². The summed E-state index contributed by atoms with van der Waals surface area (Å²) in [7, 11) is 0. The van der Waals surface area contributed by atoms with E-state index in [1.165, 1.54) is 12.1 Å². The average Bonchev–Trinajstić information content (AvgIpc) is 2.85. The number of hydrogen-bond donors (Lipinski definition) is 0. The van der Waals surface area contributed by atoms with Crippen molar-refractivity contribution in [2.45, 2.75) is 18.5 Å². The predicted octanol–water partition coefficient (Wildman–Crippen LogP) is 3.40. The average molecular weight is 185 g/mol. The van der Waals surface area contributed by atoms with Gasteiger partial charge in [-0.15, -0.1) is 0 Å². The second kappa shape index (κ2) is 2.76. The van der Waals surface area contributed by atoms with Crippen molar-refractivity contribution in [2.75, 3.05) is 0 Å². The van der Waals surface area contributed by atoms with Crippen LogP contribution in [0, 0.1) is 6.42 Å². The van der Waals surface area contributed by atoms with Gasteiger partial charge in [0.15, 0.2) is 0 Å². The molecular formula is C10H8F3. The zero-order valence-electron chi connectivity index (χ0n) is 6.81. The molecule has 1 saturated carbocycles. The number of alkyl halides is 3. The van der Waals surface area contributed by atoms with Gasteiger partial charge in [-0.1, -0.05) is 18.2 Å². The summed E-state index contributed by atoms with van der Waals surface area (Å²) < 4.78 is 36.7. The van der Waals surface area contributed by atoms with E-state index < -0.39 is 11.7 Å². The van der Waals surface area contributed by atoms with Crippen LogP contribution in [0.1, 0.15) is 23.5 Å². The minimum atomic E-state index is -4.22. The first kappa shape index (κ1) is 8.60. The Bertz CT molecular complexity index is 310. The summed E-state index contributed by atoms with van der Waals surface area (Å²) in [6, 6.07) is 5.54. The molecule has 1 aliphatic rings. The Morgan fingerprint density at radius 3 is 2.46 bits per heavy atom. The van der Waals surface area contributed by atoms with E-state index in [1.807, 2.05) is 6.42 Å². The molecule has 3 heteroatoms. The lowest BCUT2D eigenvalue weighted by atomic mass is 10.1. The molecule has 1 fully saturated rings. The fraction of sp³-hybridized carbons (Fsp3) is 0.300. The van der Waals surface area contributed by atoms with E-state index >= 15 is 0 Å². The highest BCUT2D eigenvalue weighted by atomic mass is 19.4. The van der Waals surface area contributed by atoms with Gasteiger partial charge in [-0.25, -0.2) is 0 Å². The summed E-state index contributed by atoms with van der Waals surface area (Å²) in [4.78, 5) is 0. The van der Waals surface area contributed by atoms with E-state index in [0.29, 0.717) is 0 Å². The van der Waals surface area contributed by atoms with E-state index in [4.69, 9.17) is 0 Å². The Kier molecular flexibility index (Phi) is 1.82. The van der Waals surface area contributed by atoms with Crippen molar-refractivity contribution >= 4 is 0 Å². The normalized spacial score (nSPS) is 17.5. The number of rotatable bonds is 1. The zero-order valence-corrected chi connectivity index (χ0v) is 6.81. The fourth-order valence-electron chi connectivity index (χ4n) is 1.29. The molecule has 0 bridgehead atoms. The third-order valence-corrected chi connectivity index (χ3v) is 2.11. The van der Waals surface area contributed by atoms with Crippen molar-refractivity contribution in [3.05, 3.63) is 41.8 Å². The van der Waals surface area contributed by atoms with Gasteiger partial charge in [-0.2, -0.15) is 13.2 Å². The van der Waals surface area contributed by atoms with Crippen molar-refractivity contribution < 1.29 is 13.2 Å². The summed E-state index contributed by atoms with van der Waals surface area (Å²) in [6.45, 7) is 0. The van der Waals surface area contributed by atoms with Gasteiger partial charge in [-0.3, -0.25) is 0 Å².